The van der Waals surface area contributed by atoms with E-state index in [1.807, 2.05) is 0 Å². The molecule has 0 aliphatic rings. The standard InChI is InChI=1S/C10H27N3O2Si/c1-14-16(3,15-2)10-4-6-12-8-9-13-7-5-11/h12-13H,4-11H2,1-3H3. The SMILES string of the molecule is CO[Si](C)(CCCNCCNCCN)OC. The first kappa shape index (κ1) is 16.0. The Labute approximate surface area is 100 Å². The molecule has 98 valence electrons. The van der Waals surface area contributed by atoms with Gasteiger partial charge in [-0.15, -0.1) is 0 Å². The third kappa shape index (κ3) is 8.20. The Kier molecular flexibility index (Phi) is 10.2. The molecule has 0 amide bonds. The van der Waals surface area contributed by atoms with Gasteiger partial charge in [0.2, 0.25) is 0 Å². The molecule has 0 unspecified atom stereocenters. The van der Waals surface area contributed by atoms with Gasteiger partial charge in [0.1, 0.15) is 0 Å². The van der Waals surface area contributed by atoms with Gasteiger partial charge in [-0.05, 0) is 25.6 Å². The lowest BCUT2D eigenvalue weighted by atomic mass is 10.4. The fourth-order valence-electron chi connectivity index (χ4n) is 1.35. The van der Waals surface area contributed by atoms with Crippen LogP contribution >= 0.6 is 0 Å². The Morgan fingerprint density at radius 1 is 1.00 bits per heavy atom. The van der Waals surface area contributed by atoms with E-state index in [1.54, 1.807) is 14.2 Å². The second kappa shape index (κ2) is 10.2. The number of nitrogens with two attached hydrogens (primary N) is 1. The minimum atomic E-state index is -1.85. The summed E-state index contributed by atoms with van der Waals surface area (Å²) in [5.74, 6) is 0. The van der Waals surface area contributed by atoms with Crippen LogP contribution in [0.1, 0.15) is 6.42 Å². The van der Waals surface area contributed by atoms with Crippen LogP contribution in [-0.4, -0.2) is 55.5 Å². The molecular formula is C10H27N3O2Si. The largest absolute Gasteiger partial charge is 0.398 e. The molecule has 0 atom stereocenters. The van der Waals surface area contributed by atoms with Gasteiger partial charge in [0.05, 0.1) is 0 Å². The van der Waals surface area contributed by atoms with Crippen molar-refractivity contribution in [2.75, 3.05) is 46.9 Å². The summed E-state index contributed by atoms with van der Waals surface area (Å²) in [6.45, 7) is 6.65. The minimum absolute atomic E-state index is 0.700. The molecule has 0 rings (SSSR count). The maximum Gasteiger partial charge on any atom is 0.334 e. The Balaban J connectivity index is 3.26. The van der Waals surface area contributed by atoms with Crippen LogP contribution in [0.5, 0.6) is 0 Å². The molecule has 5 nitrogen and oxygen atoms in total. The van der Waals surface area contributed by atoms with Crippen molar-refractivity contribution in [3.63, 3.8) is 0 Å². The van der Waals surface area contributed by atoms with E-state index in [2.05, 4.69) is 17.2 Å². The maximum absolute atomic E-state index is 5.41. The highest BCUT2D eigenvalue weighted by molar-refractivity contribution is 6.65. The molecule has 0 saturated heterocycles. The molecule has 0 heterocycles. The van der Waals surface area contributed by atoms with Crippen LogP contribution < -0.4 is 16.4 Å². The Hall–Kier alpha value is 0.0169. The zero-order valence-corrected chi connectivity index (χ0v) is 11.8. The topological polar surface area (TPSA) is 68.5 Å². The first-order valence-corrected chi connectivity index (χ1v) is 8.42. The van der Waals surface area contributed by atoms with Crippen molar-refractivity contribution in [3.8, 4) is 0 Å². The van der Waals surface area contributed by atoms with Crippen molar-refractivity contribution in [2.24, 2.45) is 5.73 Å². The van der Waals surface area contributed by atoms with Gasteiger partial charge >= 0.3 is 8.56 Å². The molecule has 4 N–H and O–H groups in total. The summed E-state index contributed by atoms with van der Waals surface area (Å²) in [6.07, 6.45) is 1.10. The highest BCUT2D eigenvalue weighted by atomic mass is 28.4. The first-order chi connectivity index (χ1) is 7.68. The number of rotatable bonds is 11. The summed E-state index contributed by atoms with van der Waals surface area (Å²) in [7, 11) is 1.62. The van der Waals surface area contributed by atoms with E-state index >= 15 is 0 Å². The van der Waals surface area contributed by atoms with Crippen LogP contribution in [0.3, 0.4) is 0 Å². The van der Waals surface area contributed by atoms with Gasteiger partial charge in [-0.3, -0.25) is 0 Å². The van der Waals surface area contributed by atoms with Crippen LogP contribution in [0.25, 0.3) is 0 Å². The smallest absolute Gasteiger partial charge is 0.334 e. The molecule has 0 aromatic rings. The van der Waals surface area contributed by atoms with Gasteiger partial charge in [0, 0.05) is 40.4 Å². The van der Waals surface area contributed by atoms with Crippen molar-refractivity contribution >= 4 is 8.56 Å². The monoisotopic (exact) mass is 249 g/mol. The molecule has 0 aliphatic heterocycles. The predicted octanol–water partition coefficient (Wildman–Crippen LogP) is -0.121. The van der Waals surface area contributed by atoms with Crippen LogP contribution in [-0.2, 0) is 8.85 Å². The van der Waals surface area contributed by atoms with Gasteiger partial charge in [-0.2, -0.15) is 0 Å². The lowest BCUT2D eigenvalue weighted by molar-refractivity contribution is 0.248. The van der Waals surface area contributed by atoms with Crippen LogP contribution in [0, 0.1) is 0 Å². The molecule has 0 bridgehead atoms. The summed E-state index contributed by atoms with van der Waals surface area (Å²) >= 11 is 0. The van der Waals surface area contributed by atoms with E-state index in [1.165, 1.54) is 0 Å². The third-order valence-corrected chi connectivity index (χ3v) is 5.64. The fourth-order valence-corrected chi connectivity index (χ4v) is 2.74. The van der Waals surface area contributed by atoms with Crippen LogP contribution in [0.2, 0.25) is 12.6 Å². The zero-order valence-electron chi connectivity index (χ0n) is 10.8. The molecule has 0 aliphatic carbocycles. The molecule has 0 fully saturated rings. The van der Waals surface area contributed by atoms with E-state index in [0.717, 1.165) is 38.6 Å². The second-order valence-corrected chi connectivity index (χ2v) is 7.52. The van der Waals surface area contributed by atoms with Crippen LogP contribution in [0.15, 0.2) is 0 Å². The lowest BCUT2D eigenvalue weighted by Crippen LogP contribution is -2.37. The van der Waals surface area contributed by atoms with Crippen molar-refractivity contribution in [2.45, 2.75) is 19.0 Å². The summed E-state index contributed by atoms with van der Waals surface area (Å²) in [6, 6.07) is 1.03. The molecule has 6 heteroatoms. The Morgan fingerprint density at radius 2 is 1.56 bits per heavy atom. The Bertz CT molecular complexity index is 157. The highest BCUT2D eigenvalue weighted by Crippen LogP contribution is 2.12. The quantitative estimate of drug-likeness (QED) is 0.352. The van der Waals surface area contributed by atoms with E-state index < -0.39 is 8.56 Å². The van der Waals surface area contributed by atoms with E-state index in [0.29, 0.717) is 6.54 Å². The van der Waals surface area contributed by atoms with E-state index in [4.69, 9.17) is 14.6 Å². The summed E-state index contributed by atoms with van der Waals surface area (Å²) < 4.78 is 10.8. The molecule has 0 aromatic carbocycles. The van der Waals surface area contributed by atoms with Crippen molar-refractivity contribution in [1.29, 1.82) is 0 Å². The van der Waals surface area contributed by atoms with Crippen molar-refractivity contribution < 1.29 is 8.85 Å². The van der Waals surface area contributed by atoms with Crippen molar-refractivity contribution in [1.82, 2.24) is 10.6 Å². The van der Waals surface area contributed by atoms with E-state index in [-0.39, 0.29) is 0 Å². The summed E-state index contributed by atoms with van der Waals surface area (Å²) in [4.78, 5) is 0. The highest BCUT2D eigenvalue weighted by Gasteiger charge is 2.27. The minimum Gasteiger partial charge on any atom is -0.398 e. The molecule has 0 radical (unpaired) electrons. The van der Waals surface area contributed by atoms with Gasteiger partial charge in [-0.1, -0.05) is 0 Å². The molecule has 0 saturated carbocycles. The van der Waals surface area contributed by atoms with Crippen LogP contribution in [0.4, 0.5) is 0 Å². The second-order valence-electron chi connectivity index (χ2n) is 3.93. The average Bonchev–Trinajstić information content (AvgIpc) is 2.32. The van der Waals surface area contributed by atoms with E-state index in [9.17, 15) is 0 Å². The van der Waals surface area contributed by atoms with Gasteiger partial charge in [-0.25, -0.2) is 0 Å². The lowest BCUT2D eigenvalue weighted by Gasteiger charge is -2.22. The zero-order chi connectivity index (χ0) is 12.3. The van der Waals surface area contributed by atoms with Gasteiger partial charge in [0.15, 0.2) is 0 Å². The summed E-state index contributed by atoms with van der Waals surface area (Å²) in [5.41, 5.74) is 5.36. The normalized spacial score (nSPS) is 12.0. The number of hydrogen-bond donors (Lipinski definition) is 3. The maximum atomic E-state index is 5.41. The van der Waals surface area contributed by atoms with Gasteiger partial charge < -0.3 is 25.2 Å². The molecular weight excluding hydrogens is 222 g/mol. The Morgan fingerprint density at radius 3 is 2.06 bits per heavy atom. The summed E-state index contributed by atoms with van der Waals surface area (Å²) in [5, 5.41) is 6.61. The first-order valence-electron chi connectivity index (χ1n) is 5.90. The fraction of sp³-hybridized carbons (Fsp3) is 1.00. The molecule has 0 spiro atoms. The van der Waals surface area contributed by atoms with Gasteiger partial charge in [0.25, 0.3) is 0 Å². The molecule has 0 aromatic heterocycles. The molecule has 16 heavy (non-hydrogen) atoms. The number of hydrogen-bond acceptors (Lipinski definition) is 5. The predicted molar refractivity (Wildman–Crippen MR) is 69.9 cm³/mol. The van der Waals surface area contributed by atoms with Crippen molar-refractivity contribution in [3.05, 3.63) is 0 Å². The average molecular weight is 249 g/mol. The number of nitrogens with one attached hydrogen (secondary N) is 2. The third-order valence-electron chi connectivity index (χ3n) is 2.65.